The molecule has 1 aromatic rings. The van der Waals surface area contributed by atoms with E-state index in [1.54, 1.807) is 7.11 Å². The normalized spacial score (nSPS) is 19.7. The summed E-state index contributed by atoms with van der Waals surface area (Å²) in [6.07, 6.45) is -2.01. The molecule has 0 heterocycles. The van der Waals surface area contributed by atoms with Gasteiger partial charge in [-0.3, -0.25) is 9.59 Å². The first-order valence-corrected chi connectivity index (χ1v) is 9.36. The van der Waals surface area contributed by atoms with Crippen LogP contribution in [0.15, 0.2) is 24.3 Å². The molecule has 0 amide bonds. The second kappa shape index (κ2) is 10.5. The summed E-state index contributed by atoms with van der Waals surface area (Å²) in [5.41, 5.74) is 1.19. The zero-order chi connectivity index (χ0) is 21.4. The van der Waals surface area contributed by atoms with Gasteiger partial charge >= 0.3 is 24.3 Å². The van der Waals surface area contributed by atoms with Crippen LogP contribution in [0.1, 0.15) is 50.0 Å². The Morgan fingerprint density at radius 2 is 1.62 bits per heavy atom. The van der Waals surface area contributed by atoms with Crippen molar-refractivity contribution in [3.05, 3.63) is 29.8 Å². The molecule has 29 heavy (non-hydrogen) atoms. The average Bonchev–Trinajstić information content (AvgIpc) is 2.71. The van der Waals surface area contributed by atoms with Crippen LogP contribution in [0, 0.1) is 0 Å². The molecule has 1 aliphatic rings. The van der Waals surface area contributed by atoms with Gasteiger partial charge in [-0.15, -0.1) is 0 Å². The van der Waals surface area contributed by atoms with Gasteiger partial charge in [0.25, 0.3) is 0 Å². The van der Waals surface area contributed by atoms with Gasteiger partial charge in [0.05, 0.1) is 20.0 Å². The Kier molecular flexibility index (Phi) is 8.28. The van der Waals surface area contributed by atoms with Crippen molar-refractivity contribution >= 4 is 11.9 Å². The van der Waals surface area contributed by atoms with Crippen LogP contribution in [0.4, 0.5) is 17.6 Å². The maximum atomic E-state index is 12.7. The highest BCUT2D eigenvalue weighted by Gasteiger charge is 2.42. The standard InChI is InChI=1S/C20H24F4O5/c1-27-15-6-2-13(3-7-15)14-4-8-16(9-5-14)29-18(26)11-10-17(25)28-12-20(23,24)19(21)22/h2-3,6-7,14,16,19H,4-5,8-12H2,1H3. The number of hydrogen-bond acceptors (Lipinski definition) is 5. The molecular formula is C20H24F4O5. The molecule has 0 bridgehead atoms. The number of benzene rings is 1. The maximum absolute atomic E-state index is 12.7. The van der Waals surface area contributed by atoms with Crippen LogP contribution < -0.4 is 4.74 Å². The Labute approximate surface area is 166 Å². The first-order chi connectivity index (χ1) is 13.7. The van der Waals surface area contributed by atoms with Crippen molar-refractivity contribution < 1.29 is 41.4 Å². The summed E-state index contributed by atoms with van der Waals surface area (Å²) >= 11 is 0. The molecule has 1 aliphatic carbocycles. The van der Waals surface area contributed by atoms with E-state index in [-0.39, 0.29) is 12.5 Å². The van der Waals surface area contributed by atoms with Crippen LogP contribution in [-0.4, -0.2) is 44.1 Å². The molecule has 0 saturated heterocycles. The largest absolute Gasteiger partial charge is 0.497 e. The van der Waals surface area contributed by atoms with Crippen molar-refractivity contribution in [1.82, 2.24) is 0 Å². The Balaban J connectivity index is 1.66. The lowest BCUT2D eigenvalue weighted by atomic mass is 9.83. The molecule has 5 nitrogen and oxygen atoms in total. The molecule has 162 valence electrons. The van der Waals surface area contributed by atoms with Crippen molar-refractivity contribution in [1.29, 1.82) is 0 Å². The van der Waals surface area contributed by atoms with Crippen molar-refractivity contribution in [2.45, 2.75) is 62.9 Å². The summed E-state index contributed by atoms with van der Waals surface area (Å²) in [4.78, 5) is 23.2. The first kappa shape index (κ1) is 23.0. The zero-order valence-electron chi connectivity index (χ0n) is 16.0. The molecule has 1 saturated carbocycles. The number of carbonyl (C=O) groups is 2. The van der Waals surface area contributed by atoms with Crippen molar-refractivity contribution in [3.63, 3.8) is 0 Å². The van der Waals surface area contributed by atoms with Crippen LogP contribution in [0.2, 0.25) is 0 Å². The number of ether oxygens (including phenoxy) is 3. The van der Waals surface area contributed by atoms with E-state index >= 15 is 0 Å². The van der Waals surface area contributed by atoms with E-state index in [0.29, 0.717) is 18.8 Å². The molecule has 0 aliphatic heterocycles. The topological polar surface area (TPSA) is 61.8 Å². The third-order valence-electron chi connectivity index (χ3n) is 4.84. The van der Waals surface area contributed by atoms with Crippen molar-refractivity contribution in [2.75, 3.05) is 13.7 Å². The second-order valence-corrected chi connectivity index (χ2v) is 6.96. The van der Waals surface area contributed by atoms with Crippen LogP contribution in [0.3, 0.4) is 0 Å². The predicted molar refractivity (Wildman–Crippen MR) is 95.2 cm³/mol. The summed E-state index contributed by atoms with van der Waals surface area (Å²) in [5.74, 6) is -5.05. The Hall–Kier alpha value is -2.32. The highest BCUT2D eigenvalue weighted by molar-refractivity contribution is 5.77. The van der Waals surface area contributed by atoms with Gasteiger partial charge in [-0.05, 0) is 49.3 Å². The third-order valence-corrected chi connectivity index (χ3v) is 4.84. The Morgan fingerprint density at radius 1 is 1.03 bits per heavy atom. The van der Waals surface area contributed by atoms with Gasteiger partial charge in [0.1, 0.15) is 11.9 Å². The quantitative estimate of drug-likeness (QED) is 0.435. The Morgan fingerprint density at radius 3 is 2.17 bits per heavy atom. The molecule has 0 N–H and O–H groups in total. The minimum Gasteiger partial charge on any atom is -0.497 e. The maximum Gasteiger partial charge on any atom is 0.340 e. The molecule has 0 spiro atoms. The number of rotatable bonds is 9. The molecule has 0 unspecified atom stereocenters. The molecule has 9 heteroatoms. The molecule has 1 aromatic carbocycles. The van der Waals surface area contributed by atoms with E-state index in [4.69, 9.17) is 9.47 Å². The van der Waals surface area contributed by atoms with Crippen molar-refractivity contribution in [3.8, 4) is 5.75 Å². The number of methoxy groups -OCH3 is 1. The summed E-state index contributed by atoms with van der Waals surface area (Å²) in [5, 5.41) is 0. The van der Waals surface area contributed by atoms with E-state index in [2.05, 4.69) is 4.74 Å². The highest BCUT2D eigenvalue weighted by atomic mass is 19.3. The van der Waals surface area contributed by atoms with Gasteiger partial charge < -0.3 is 14.2 Å². The fourth-order valence-corrected chi connectivity index (χ4v) is 3.15. The van der Waals surface area contributed by atoms with Crippen molar-refractivity contribution in [2.24, 2.45) is 0 Å². The summed E-state index contributed by atoms with van der Waals surface area (Å²) < 4.78 is 63.9. The van der Waals surface area contributed by atoms with Gasteiger partial charge in [0, 0.05) is 0 Å². The lowest BCUT2D eigenvalue weighted by Crippen LogP contribution is -2.33. The van der Waals surface area contributed by atoms with Crippen LogP contribution in [0.25, 0.3) is 0 Å². The molecule has 0 radical (unpaired) electrons. The number of halogens is 4. The predicted octanol–water partition coefficient (Wildman–Crippen LogP) is 4.49. The van der Waals surface area contributed by atoms with Gasteiger partial charge in [0.15, 0.2) is 6.61 Å². The molecule has 2 rings (SSSR count). The highest BCUT2D eigenvalue weighted by Crippen LogP contribution is 2.34. The fraction of sp³-hybridized carbons (Fsp3) is 0.600. The monoisotopic (exact) mass is 420 g/mol. The lowest BCUT2D eigenvalue weighted by molar-refractivity contribution is -0.180. The first-order valence-electron chi connectivity index (χ1n) is 9.36. The number of esters is 2. The van der Waals surface area contributed by atoms with Gasteiger partial charge in [0.2, 0.25) is 0 Å². The number of carbonyl (C=O) groups excluding carboxylic acids is 2. The Bertz CT molecular complexity index is 670. The summed E-state index contributed by atoms with van der Waals surface area (Å²) in [6, 6.07) is 7.83. The number of alkyl halides is 4. The SMILES string of the molecule is COc1ccc(C2CCC(OC(=O)CCC(=O)OCC(F)(F)C(F)F)CC2)cc1. The van der Waals surface area contributed by atoms with Gasteiger partial charge in [-0.2, -0.15) is 8.78 Å². The molecule has 0 atom stereocenters. The van der Waals surface area contributed by atoms with E-state index in [0.717, 1.165) is 18.6 Å². The van der Waals surface area contributed by atoms with Gasteiger partial charge in [-0.1, -0.05) is 12.1 Å². The molecular weight excluding hydrogens is 396 g/mol. The zero-order valence-corrected chi connectivity index (χ0v) is 16.0. The van der Waals surface area contributed by atoms with E-state index < -0.39 is 37.3 Å². The summed E-state index contributed by atoms with van der Waals surface area (Å²) in [7, 11) is 1.60. The third kappa shape index (κ3) is 7.21. The average molecular weight is 420 g/mol. The number of hydrogen-bond donors (Lipinski definition) is 0. The molecule has 0 aromatic heterocycles. The summed E-state index contributed by atoms with van der Waals surface area (Å²) in [6.45, 7) is -1.71. The lowest BCUT2D eigenvalue weighted by Gasteiger charge is -2.28. The molecule has 1 fully saturated rings. The van der Waals surface area contributed by atoms with Gasteiger partial charge in [-0.25, -0.2) is 8.78 Å². The van der Waals surface area contributed by atoms with E-state index in [1.165, 1.54) is 5.56 Å². The van der Waals surface area contributed by atoms with E-state index in [9.17, 15) is 27.2 Å². The minimum absolute atomic E-state index is 0.267. The van der Waals surface area contributed by atoms with Crippen LogP contribution in [0.5, 0.6) is 5.75 Å². The smallest absolute Gasteiger partial charge is 0.340 e. The fourth-order valence-electron chi connectivity index (χ4n) is 3.15. The van der Waals surface area contributed by atoms with Crippen LogP contribution >= 0.6 is 0 Å². The van der Waals surface area contributed by atoms with E-state index in [1.807, 2.05) is 24.3 Å². The second-order valence-electron chi connectivity index (χ2n) is 6.96. The minimum atomic E-state index is -4.40. The van der Waals surface area contributed by atoms with Crippen LogP contribution in [-0.2, 0) is 19.1 Å².